The van der Waals surface area contributed by atoms with Gasteiger partial charge in [0.2, 0.25) is 5.91 Å². The van der Waals surface area contributed by atoms with Gasteiger partial charge in [-0.3, -0.25) is 4.79 Å². The van der Waals surface area contributed by atoms with Crippen LogP contribution in [0.25, 0.3) is 0 Å². The molecule has 0 fully saturated rings. The summed E-state index contributed by atoms with van der Waals surface area (Å²) in [4.78, 5) is 13.9. The molecule has 0 saturated carbocycles. The minimum Gasteiger partial charge on any atom is -0.490 e. The third kappa shape index (κ3) is 4.75. The first-order valence-electron chi connectivity index (χ1n) is 8.59. The topological polar surface area (TPSA) is 38.8 Å². The van der Waals surface area contributed by atoms with Crippen LogP contribution < -0.4 is 9.47 Å². The number of benzene rings is 2. The third-order valence-corrected chi connectivity index (χ3v) is 4.77. The number of amides is 1. The van der Waals surface area contributed by atoms with Crippen molar-refractivity contribution in [3.63, 3.8) is 0 Å². The number of carbonyl (C=O) groups excluding carboxylic acids is 1. The van der Waals surface area contributed by atoms with Crippen LogP contribution in [0.2, 0.25) is 0 Å². The van der Waals surface area contributed by atoms with E-state index in [0.717, 1.165) is 28.0 Å². The van der Waals surface area contributed by atoms with Crippen molar-refractivity contribution in [2.24, 2.45) is 0 Å². The van der Waals surface area contributed by atoms with Gasteiger partial charge in [0.1, 0.15) is 5.82 Å². The fraction of sp³-hybridized carbons (Fsp3) is 0.350. The largest absolute Gasteiger partial charge is 0.490 e. The second-order valence-electron chi connectivity index (χ2n) is 6.32. The quantitative estimate of drug-likeness (QED) is 0.720. The van der Waals surface area contributed by atoms with Gasteiger partial charge in [-0.15, -0.1) is 0 Å². The van der Waals surface area contributed by atoms with Gasteiger partial charge in [0.25, 0.3) is 0 Å². The van der Waals surface area contributed by atoms with Gasteiger partial charge in [-0.1, -0.05) is 22.0 Å². The van der Waals surface area contributed by atoms with Gasteiger partial charge >= 0.3 is 0 Å². The average Bonchev–Trinajstić information content (AvgIpc) is 2.87. The molecule has 0 radical (unpaired) electrons. The standard InChI is InChI=1S/C20H21BrFNO3/c1-23(13-15-12-16(21)5-6-17(15)22)20(24)8-4-14-3-7-18-19(11-14)26-10-2-9-25-18/h3,5-7,11-12H,2,4,8-10,13H2,1H3. The Hall–Kier alpha value is -2.08. The molecule has 0 bridgehead atoms. The van der Waals surface area contributed by atoms with Gasteiger partial charge in [-0.2, -0.15) is 0 Å². The number of aryl methyl sites for hydroxylation is 1. The van der Waals surface area contributed by atoms with E-state index in [-0.39, 0.29) is 18.3 Å². The molecule has 0 aromatic heterocycles. The van der Waals surface area contributed by atoms with Crippen LogP contribution in [0.3, 0.4) is 0 Å². The predicted octanol–water partition coefficient (Wildman–Crippen LogP) is 4.34. The first kappa shape index (κ1) is 18.7. The lowest BCUT2D eigenvalue weighted by Gasteiger charge is -2.18. The predicted molar refractivity (Wildman–Crippen MR) is 101 cm³/mol. The molecule has 2 aromatic rings. The molecule has 0 spiro atoms. The maximum atomic E-state index is 13.9. The number of rotatable bonds is 5. The zero-order chi connectivity index (χ0) is 18.5. The first-order valence-corrected chi connectivity index (χ1v) is 9.38. The summed E-state index contributed by atoms with van der Waals surface area (Å²) in [5, 5.41) is 0. The van der Waals surface area contributed by atoms with E-state index in [0.29, 0.717) is 31.6 Å². The fourth-order valence-corrected chi connectivity index (χ4v) is 3.22. The molecule has 0 unspecified atom stereocenters. The van der Waals surface area contributed by atoms with E-state index in [1.807, 2.05) is 18.2 Å². The normalized spacial score (nSPS) is 13.2. The molecular formula is C20H21BrFNO3. The van der Waals surface area contributed by atoms with Crippen molar-refractivity contribution in [2.45, 2.75) is 25.8 Å². The number of hydrogen-bond donors (Lipinski definition) is 0. The third-order valence-electron chi connectivity index (χ3n) is 4.28. The Balaban J connectivity index is 1.58. The van der Waals surface area contributed by atoms with E-state index in [9.17, 15) is 9.18 Å². The van der Waals surface area contributed by atoms with Gasteiger partial charge in [0.05, 0.1) is 13.2 Å². The highest BCUT2D eigenvalue weighted by molar-refractivity contribution is 9.10. The minimum atomic E-state index is -0.309. The molecule has 0 saturated heterocycles. The number of ether oxygens (including phenoxy) is 2. The lowest BCUT2D eigenvalue weighted by atomic mass is 10.1. The van der Waals surface area contributed by atoms with Crippen molar-refractivity contribution in [1.29, 1.82) is 0 Å². The van der Waals surface area contributed by atoms with E-state index >= 15 is 0 Å². The zero-order valence-electron chi connectivity index (χ0n) is 14.6. The molecular weight excluding hydrogens is 401 g/mol. The van der Waals surface area contributed by atoms with E-state index < -0.39 is 0 Å². The lowest BCUT2D eigenvalue weighted by Crippen LogP contribution is -2.26. The maximum Gasteiger partial charge on any atom is 0.222 e. The molecule has 1 aliphatic heterocycles. The van der Waals surface area contributed by atoms with Gasteiger partial charge in [0, 0.05) is 36.5 Å². The van der Waals surface area contributed by atoms with Crippen LogP contribution in [0, 0.1) is 5.82 Å². The minimum absolute atomic E-state index is 0.0310. The Morgan fingerprint density at radius 1 is 1.15 bits per heavy atom. The summed E-state index contributed by atoms with van der Waals surface area (Å²) in [5.74, 6) is 1.14. The van der Waals surface area contributed by atoms with Crippen LogP contribution in [0.15, 0.2) is 40.9 Å². The van der Waals surface area contributed by atoms with Crippen LogP contribution in [0.1, 0.15) is 24.0 Å². The van der Waals surface area contributed by atoms with Crippen LogP contribution >= 0.6 is 15.9 Å². The van der Waals surface area contributed by atoms with Gasteiger partial charge < -0.3 is 14.4 Å². The Morgan fingerprint density at radius 3 is 2.73 bits per heavy atom. The molecule has 0 N–H and O–H groups in total. The van der Waals surface area contributed by atoms with Crippen molar-refractivity contribution in [3.8, 4) is 11.5 Å². The maximum absolute atomic E-state index is 13.9. The monoisotopic (exact) mass is 421 g/mol. The first-order chi connectivity index (χ1) is 12.5. The molecule has 0 aliphatic carbocycles. The number of carbonyl (C=O) groups is 1. The summed E-state index contributed by atoms with van der Waals surface area (Å²) in [7, 11) is 1.69. The molecule has 0 atom stereocenters. The van der Waals surface area contributed by atoms with E-state index in [2.05, 4.69) is 15.9 Å². The zero-order valence-corrected chi connectivity index (χ0v) is 16.2. The molecule has 6 heteroatoms. The SMILES string of the molecule is CN(Cc1cc(Br)ccc1F)C(=O)CCc1ccc2c(c1)OCCCO2. The lowest BCUT2D eigenvalue weighted by molar-refractivity contribution is -0.130. The highest BCUT2D eigenvalue weighted by atomic mass is 79.9. The Kier molecular flexibility index (Phi) is 6.14. The van der Waals surface area contributed by atoms with E-state index in [1.165, 1.54) is 6.07 Å². The number of hydrogen-bond acceptors (Lipinski definition) is 3. The van der Waals surface area contributed by atoms with Gasteiger partial charge in [0.15, 0.2) is 11.5 Å². The van der Waals surface area contributed by atoms with Crippen molar-refractivity contribution in [1.82, 2.24) is 4.90 Å². The smallest absolute Gasteiger partial charge is 0.222 e. The Morgan fingerprint density at radius 2 is 1.92 bits per heavy atom. The summed E-state index contributed by atoms with van der Waals surface area (Å²) in [6, 6.07) is 10.5. The van der Waals surface area contributed by atoms with Crippen molar-refractivity contribution in [3.05, 3.63) is 57.8 Å². The number of fused-ring (bicyclic) bond motifs is 1. The fourth-order valence-electron chi connectivity index (χ4n) is 2.81. The summed E-state index contributed by atoms with van der Waals surface area (Å²) >= 11 is 3.33. The highest BCUT2D eigenvalue weighted by Gasteiger charge is 2.14. The van der Waals surface area contributed by atoms with Crippen LogP contribution in [-0.2, 0) is 17.8 Å². The molecule has 1 aliphatic rings. The second kappa shape index (κ2) is 8.54. The molecule has 138 valence electrons. The number of nitrogens with zero attached hydrogens (tertiary/aromatic N) is 1. The van der Waals surface area contributed by atoms with Crippen molar-refractivity contribution < 1.29 is 18.7 Å². The average molecular weight is 422 g/mol. The summed E-state index contributed by atoms with van der Waals surface area (Å²) < 4.78 is 25.9. The highest BCUT2D eigenvalue weighted by Crippen LogP contribution is 2.30. The molecule has 2 aromatic carbocycles. The molecule has 1 heterocycles. The molecule has 1 amide bonds. The summed E-state index contributed by atoms with van der Waals surface area (Å²) in [5.41, 5.74) is 1.51. The Bertz CT molecular complexity index is 797. The van der Waals surface area contributed by atoms with Crippen LogP contribution in [0.4, 0.5) is 4.39 Å². The van der Waals surface area contributed by atoms with Crippen molar-refractivity contribution in [2.75, 3.05) is 20.3 Å². The molecule has 4 nitrogen and oxygen atoms in total. The molecule has 3 rings (SSSR count). The van der Waals surface area contributed by atoms with E-state index in [4.69, 9.17) is 9.47 Å². The van der Waals surface area contributed by atoms with Crippen molar-refractivity contribution >= 4 is 21.8 Å². The van der Waals surface area contributed by atoms with Crippen LogP contribution in [-0.4, -0.2) is 31.1 Å². The Labute approximate surface area is 161 Å². The molecule has 26 heavy (non-hydrogen) atoms. The summed E-state index contributed by atoms with van der Waals surface area (Å²) in [6.45, 7) is 1.53. The van der Waals surface area contributed by atoms with Gasteiger partial charge in [-0.25, -0.2) is 4.39 Å². The summed E-state index contributed by atoms with van der Waals surface area (Å²) in [6.07, 6.45) is 1.81. The van der Waals surface area contributed by atoms with Gasteiger partial charge in [-0.05, 0) is 42.3 Å². The van der Waals surface area contributed by atoms with Crippen LogP contribution in [0.5, 0.6) is 11.5 Å². The second-order valence-corrected chi connectivity index (χ2v) is 7.23. The van der Waals surface area contributed by atoms with E-state index in [1.54, 1.807) is 24.1 Å². The number of halogens is 2.